The summed E-state index contributed by atoms with van der Waals surface area (Å²) in [6, 6.07) is 3.56. The van der Waals surface area contributed by atoms with E-state index in [1.165, 1.54) is 22.5 Å². The van der Waals surface area contributed by atoms with Crippen LogP contribution in [0.25, 0.3) is 10.9 Å². The maximum Gasteiger partial charge on any atom is 0.258 e. The molecular formula is C14H18FN3O3S. The SMILES string of the molecule is CC(C)N(CCc1nc2cc(F)ccc2c(=O)[nH]1)S(C)(=O)=O. The number of benzene rings is 1. The molecule has 0 fully saturated rings. The Kier molecular flexibility index (Phi) is 4.62. The van der Waals surface area contributed by atoms with E-state index in [1.54, 1.807) is 13.8 Å². The molecule has 22 heavy (non-hydrogen) atoms. The monoisotopic (exact) mass is 327 g/mol. The van der Waals surface area contributed by atoms with Crippen molar-refractivity contribution in [2.75, 3.05) is 12.8 Å². The van der Waals surface area contributed by atoms with Crippen molar-refractivity contribution in [2.24, 2.45) is 0 Å². The molecule has 0 aliphatic rings. The predicted octanol–water partition coefficient (Wildman–Crippen LogP) is 1.27. The van der Waals surface area contributed by atoms with E-state index in [0.717, 1.165) is 6.26 Å². The number of H-pyrrole nitrogens is 1. The van der Waals surface area contributed by atoms with E-state index in [1.807, 2.05) is 0 Å². The first-order valence-corrected chi connectivity index (χ1v) is 8.68. The molecule has 0 saturated carbocycles. The van der Waals surface area contributed by atoms with E-state index >= 15 is 0 Å². The van der Waals surface area contributed by atoms with Crippen LogP contribution in [0.15, 0.2) is 23.0 Å². The second-order valence-corrected chi connectivity index (χ2v) is 7.33. The van der Waals surface area contributed by atoms with Gasteiger partial charge in [0.2, 0.25) is 10.0 Å². The Balaban J connectivity index is 2.30. The number of hydrogen-bond donors (Lipinski definition) is 1. The summed E-state index contributed by atoms with van der Waals surface area (Å²) in [6.45, 7) is 3.74. The van der Waals surface area contributed by atoms with E-state index in [9.17, 15) is 17.6 Å². The molecule has 8 heteroatoms. The first-order valence-electron chi connectivity index (χ1n) is 6.84. The molecule has 0 bridgehead atoms. The smallest absolute Gasteiger partial charge is 0.258 e. The van der Waals surface area contributed by atoms with Crippen molar-refractivity contribution in [3.8, 4) is 0 Å². The molecule has 6 nitrogen and oxygen atoms in total. The molecule has 2 rings (SSSR count). The van der Waals surface area contributed by atoms with Crippen LogP contribution in [0.3, 0.4) is 0 Å². The minimum absolute atomic E-state index is 0.195. The van der Waals surface area contributed by atoms with Gasteiger partial charge in [0.05, 0.1) is 17.2 Å². The van der Waals surface area contributed by atoms with Gasteiger partial charge in [-0.15, -0.1) is 0 Å². The van der Waals surface area contributed by atoms with Gasteiger partial charge in [-0.2, -0.15) is 4.31 Å². The van der Waals surface area contributed by atoms with Gasteiger partial charge in [0.1, 0.15) is 11.6 Å². The summed E-state index contributed by atoms with van der Waals surface area (Å²) < 4.78 is 38.0. The molecule has 0 saturated heterocycles. The van der Waals surface area contributed by atoms with Crippen molar-refractivity contribution in [2.45, 2.75) is 26.3 Å². The highest BCUT2D eigenvalue weighted by Crippen LogP contribution is 2.11. The van der Waals surface area contributed by atoms with E-state index < -0.39 is 15.8 Å². The molecule has 0 radical (unpaired) electrons. The Labute approximate surface area is 128 Å². The van der Waals surface area contributed by atoms with Crippen LogP contribution in [-0.2, 0) is 16.4 Å². The fraction of sp³-hybridized carbons (Fsp3) is 0.429. The lowest BCUT2D eigenvalue weighted by Crippen LogP contribution is -2.38. The van der Waals surface area contributed by atoms with Crippen molar-refractivity contribution in [3.63, 3.8) is 0 Å². The highest BCUT2D eigenvalue weighted by Gasteiger charge is 2.20. The second kappa shape index (κ2) is 6.13. The fourth-order valence-corrected chi connectivity index (χ4v) is 3.49. The van der Waals surface area contributed by atoms with Gasteiger partial charge in [-0.3, -0.25) is 4.79 Å². The lowest BCUT2D eigenvalue weighted by Gasteiger charge is -2.23. The first kappa shape index (κ1) is 16.6. The first-order chi connectivity index (χ1) is 10.2. The van der Waals surface area contributed by atoms with Gasteiger partial charge < -0.3 is 4.98 Å². The molecule has 0 atom stereocenters. The average Bonchev–Trinajstić information content (AvgIpc) is 2.36. The molecule has 0 amide bonds. The summed E-state index contributed by atoms with van der Waals surface area (Å²) >= 11 is 0. The van der Waals surface area contributed by atoms with E-state index in [2.05, 4.69) is 9.97 Å². The Hall–Kier alpha value is -1.80. The van der Waals surface area contributed by atoms with Crippen LogP contribution in [0, 0.1) is 5.82 Å². The Morgan fingerprint density at radius 2 is 2.05 bits per heavy atom. The third-order valence-electron chi connectivity index (χ3n) is 3.29. The van der Waals surface area contributed by atoms with Crippen LogP contribution in [-0.4, -0.2) is 41.5 Å². The maximum absolute atomic E-state index is 13.2. The second-order valence-electron chi connectivity index (χ2n) is 5.39. The minimum Gasteiger partial charge on any atom is -0.310 e. The van der Waals surface area contributed by atoms with Crippen LogP contribution in [0.5, 0.6) is 0 Å². The summed E-state index contributed by atoms with van der Waals surface area (Å²) in [5.74, 6) is -0.145. The van der Waals surface area contributed by atoms with Crippen LogP contribution in [0.2, 0.25) is 0 Å². The van der Waals surface area contributed by atoms with Crippen molar-refractivity contribution >= 4 is 20.9 Å². The molecule has 1 aromatic carbocycles. The zero-order valence-corrected chi connectivity index (χ0v) is 13.4. The van der Waals surface area contributed by atoms with Crippen LogP contribution < -0.4 is 5.56 Å². The quantitative estimate of drug-likeness (QED) is 0.896. The van der Waals surface area contributed by atoms with Gasteiger partial charge in [-0.25, -0.2) is 17.8 Å². The number of sulfonamides is 1. The molecule has 1 aromatic heterocycles. The molecule has 1 N–H and O–H groups in total. The Morgan fingerprint density at radius 1 is 1.36 bits per heavy atom. The Morgan fingerprint density at radius 3 is 2.64 bits per heavy atom. The summed E-state index contributed by atoms with van der Waals surface area (Å²) in [6.07, 6.45) is 1.38. The highest BCUT2D eigenvalue weighted by atomic mass is 32.2. The number of hydrogen-bond acceptors (Lipinski definition) is 4. The molecule has 2 aromatic rings. The number of nitrogens with one attached hydrogen (secondary N) is 1. The van der Waals surface area contributed by atoms with Gasteiger partial charge >= 0.3 is 0 Å². The Bertz CT molecular complexity index is 846. The highest BCUT2D eigenvalue weighted by molar-refractivity contribution is 7.88. The van der Waals surface area contributed by atoms with E-state index in [-0.39, 0.29) is 30.1 Å². The van der Waals surface area contributed by atoms with Gasteiger partial charge in [0.25, 0.3) is 5.56 Å². The molecular weight excluding hydrogens is 309 g/mol. The largest absolute Gasteiger partial charge is 0.310 e. The normalized spacial score (nSPS) is 12.5. The van der Waals surface area contributed by atoms with Crippen molar-refractivity contribution in [3.05, 3.63) is 40.2 Å². The van der Waals surface area contributed by atoms with Crippen LogP contribution in [0.1, 0.15) is 19.7 Å². The summed E-state index contributed by atoms with van der Waals surface area (Å²) in [4.78, 5) is 18.7. The number of fused-ring (bicyclic) bond motifs is 1. The van der Waals surface area contributed by atoms with Gasteiger partial charge in [0, 0.05) is 25.1 Å². The van der Waals surface area contributed by atoms with Gasteiger partial charge in [-0.1, -0.05) is 0 Å². The molecule has 0 aliphatic carbocycles. The fourth-order valence-electron chi connectivity index (χ4n) is 2.30. The zero-order valence-electron chi connectivity index (χ0n) is 12.6. The minimum atomic E-state index is -3.34. The lowest BCUT2D eigenvalue weighted by molar-refractivity contribution is 0.358. The number of rotatable bonds is 5. The molecule has 0 spiro atoms. The van der Waals surface area contributed by atoms with Gasteiger partial charge in [0.15, 0.2) is 0 Å². The van der Waals surface area contributed by atoms with Crippen molar-refractivity contribution in [1.82, 2.24) is 14.3 Å². The van der Waals surface area contributed by atoms with E-state index in [4.69, 9.17) is 0 Å². The summed E-state index contributed by atoms with van der Waals surface area (Å²) in [5.41, 5.74) is -0.107. The molecule has 0 aliphatic heterocycles. The summed E-state index contributed by atoms with van der Waals surface area (Å²) in [7, 11) is -3.34. The number of aromatic nitrogens is 2. The predicted molar refractivity (Wildman–Crippen MR) is 82.7 cm³/mol. The average molecular weight is 327 g/mol. The standard InChI is InChI=1S/C14H18FN3O3S/c1-9(2)18(22(3,20)21)7-6-13-16-12-8-10(15)4-5-11(12)14(19)17-13/h4-5,8-9H,6-7H2,1-3H3,(H,16,17,19). The van der Waals surface area contributed by atoms with Crippen molar-refractivity contribution < 1.29 is 12.8 Å². The number of nitrogens with zero attached hydrogens (tertiary/aromatic N) is 2. The van der Waals surface area contributed by atoms with Crippen LogP contribution in [0.4, 0.5) is 4.39 Å². The molecule has 0 unspecified atom stereocenters. The van der Waals surface area contributed by atoms with Gasteiger partial charge in [-0.05, 0) is 26.0 Å². The topological polar surface area (TPSA) is 83.1 Å². The number of aromatic amines is 1. The lowest BCUT2D eigenvalue weighted by atomic mass is 10.2. The van der Waals surface area contributed by atoms with Crippen molar-refractivity contribution in [1.29, 1.82) is 0 Å². The molecule has 1 heterocycles. The summed E-state index contributed by atoms with van der Waals surface area (Å²) in [5, 5.41) is 0.300. The van der Waals surface area contributed by atoms with Crippen LogP contribution >= 0.6 is 0 Å². The van der Waals surface area contributed by atoms with E-state index in [0.29, 0.717) is 11.2 Å². The molecule has 120 valence electrons. The number of halogens is 1. The third kappa shape index (κ3) is 3.69. The third-order valence-corrected chi connectivity index (χ3v) is 4.74. The maximum atomic E-state index is 13.2. The zero-order chi connectivity index (χ0) is 16.5.